The first-order valence-corrected chi connectivity index (χ1v) is 13.3. The van der Waals surface area contributed by atoms with Crippen LogP contribution in [0.1, 0.15) is 48.8 Å². The Kier molecular flexibility index (Phi) is 5.79. The van der Waals surface area contributed by atoms with E-state index in [-0.39, 0.29) is 47.7 Å². The van der Waals surface area contributed by atoms with E-state index in [2.05, 4.69) is 7.05 Å². The Morgan fingerprint density at radius 2 is 2.05 bits per heavy atom. The molecule has 3 aliphatic carbocycles. The number of halogens is 1. The van der Waals surface area contributed by atoms with Gasteiger partial charge in [-0.2, -0.15) is 0 Å². The third-order valence-electron chi connectivity index (χ3n) is 10.3. The molecule has 1 aromatic carbocycles. The summed E-state index contributed by atoms with van der Waals surface area (Å²) < 4.78 is 12.6. The number of ether oxygens (including phenoxy) is 1. The zero-order valence-corrected chi connectivity index (χ0v) is 23.6. The predicted molar refractivity (Wildman–Crippen MR) is 133 cm³/mol. The van der Waals surface area contributed by atoms with Gasteiger partial charge in [-0.15, -0.1) is 0 Å². The molecule has 1 aromatic heterocycles. The Bertz CT molecular complexity index is 1260. The van der Waals surface area contributed by atoms with E-state index >= 15 is 0 Å². The molecule has 2 saturated carbocycles. The number of hydrogen-bond acceptors (Lipinski definition) is 5. The molecule has 3 fully saturated rings. The van der Waals surface area contributed by atoms with Crippen molar-refractivity contribution in [2.24, 2.45) is 5.92 Å². The number of likely N-dealkylation sites (N-methyl/N-ethyl adjacent to an activating group) is 2. The topological polar surface area (TPSA) is 83.1 Å². The van der Waals surface area contributed by atoms with Crippen LogP contribution in [0, 0.1) is 5.92 Å². The van der Waals surface area contributed by atoms with Crippen LogP contribution in [0.3, 0.4) is 0 Å². The van der Waals surface area contributed by atoms with Gasteiger partial charge in [0.25, 0.3) is 0 Å². The SMILES string of the molecule is CN(C(=O)/C=C/c1ccoc1)[C@@H]1CC[C@@]2(O)[C@H]3Cc4ccc(O)c5c4[C@@]2(CC[N+]3(C)CC2CC2)[C@H]1O5.[I-]. The van der Waals surface area contributed by atoms with Gasteiger partial charge in [-0.1, -0.05) is 6.07 Å². The van der Waals surface area contributed by atoms with E-state index in [1.165, 1.54) is 18.4 Å². The maximum absolute atomic E-state index is 13.2. The van der Waals surface area contributed by atoms with E-state index in [4.69, 9.17) is 9.15 Å². The van der Waals surface area contributed by atoms with Crippen molar-refractivity contribution < 1.29 is 52.6 Å². The van der Waals surface area contributed by atoms with Gasteiger partial charge in [-0.05, 0) is 49.5 Å². The van der Waals surface area contributed by atoms with Crippen molar-refractivity contribution in [2.75, 3.05) is 27.2 Å². The largest absolute Gasteiger partial charge is 1.00 e. The maximum atomic E-state index is 13.2. The van der Waals surface area contributed by atoms with E-state index in [9.17, 15) is 15.0 Å². The quantitative estimate of drug-likeness (QED) is 0.285. The highest BCUT2D eigenvalue weighted by Gasteiger charge is 2.76. The molecule has 1 unspecified atom stereocenters. The first kappa shape index (κ1) is 25.2. The highest BCUT2D eigenvalue weighted by molar-refractivity contribution is 5.91. The number of furan rings is 1. The van der Waals surface area contributed by atoms with Gasteiger partial charge in [0.1, 0.15) is 17.7 Å². The predicted octanol–water partition coefficient (Wildman–Crippen LogP) is 0.238. The fourth-order valence-electron chi connectivity index (χ4n) is 8.35. The number of quaternary nitrogens is 1. The fraction of sp³-hybridized carbons (Fsp3) is 0.552. The van der Waals surface area contributed by atoms with Crippen LogP contribution in [0.15, 0.2) is 41.2 Å². The smallest absolute Gasteiger partial charge is 0.246 e. The monoisotopic (exact) mass is 618 g/mol. The van der Waals surface area contributed by atoms with Crippen LogP contribution in [0.4, 0.5) is 0 Å². The summed E-state index contributed by atoms with van der Waals surface area (Å²) in [6.45, 7) is 2.10. The van der Waals surface area contributed by atoms with E-state index in [1.807, 2.05) is 19.2 Å². The van der Waals surface area contributed by atoms with Crippen molar-refractivity contribution in [1.82, 2.24) is 4.90 Å². The van der Waals surface area contributed by atoms with E-state index in [0.29, 0.717) is 18.6 Å². The Hall–Kier alpha value is -2.04. The molecule has 2 bridgehead atoms. The summed E-state index contributed by atoms with van der Waals surface area (Å²) in [4.78, 5) is 15.0. The second-order valence-electron chi connectivity index (χ2n) is 12.1. The van der Waals surface area contributed by atoms with Gasteiger partial charge in [-0.3, -0.25) is 4.79 Å². The Morgan fingerprint density at radius 1 is 1.24 bits per heavy atom. The number of carbonyl (C=O) groups excluding carboxylic acids is 1. The third-order valence-corrected chi connectivity index (χ3v) is 10.3. The molecule has 0 radical (unpaired) electrons. The number of piperidine rings is 1. The molecule has 1 spiro atoms. The molecule has 5 aliphatic rings. The highest BCUT2D eigenvalue weighted by atomic mass is 127. The van der Waals surface area contributed by atoms with Crippen LogP contribution >= 0.6 is 0 Å². The van der Waals surface area contributed by atoms with Crippen molar-refractivity contribution in [1.29, 1.82) is 0 Å². The van der Waals surface area contributed by atoms with Gasteiger partial charge in [0, 0.05) is 43.0 Å². The van der Waals surface area contributed by atoms with Gasteiger partial charge in [0.2, 0.25) is 5.91 Å². The van der Waals surface area contributed by atoms with Crippen molar-refractivity contribution in [3.63, 3.8) is 0 Å². The molecule has 8 heteroatoms. The minimum Gasteiger partial charge on any atom is -1.00 e. The number of phenols is 1. The number of nitrogens with zero attached hydrogens (tertiary/aromatic N) is 2. The molecular weight excluding hydrogens is 583 g/mol. The lowest BCUT2D eigenvalue weighted by Gasteiger charge is -2.66. The summed E-state index contributed by atoms with van der Waals surface area (Å²) >= 11 is 0. The zero-order chi connectivity index (χ0) is 24.9. The number of rotatable bonds is 5. The first-order chi connectivity index (χ1) is 17.3. The molecule has 2 aromatic rings. The second-order valence-corrected chi connectivity index (χ2v) is 12.1. The summed E-state index contributed by atoms with van der Waals surface area (Å²) in [7, 11) is 4.17. The molecule has 7 nitrogen and oxygen atoms in total. The second kappa shape index (κ2) is 8.48. The number of aliphatic hydroxyl groups is 1. The number of phenolic OH excluding ortho intramolecular Hbond substituents is 1. The fourth-order valence-corrected chi connectivity index (χ4v) is 8.35. The summed E-state index contributed by atoms with van der Waals surface area (Å²) in [6.07, 6.45) is 11.6. The lowest BCUT2D eigenvalue weighted by molar-refractivity contribution is -0.950. The van der Waals surface area contributed by atoms with Crippen LogP contribution in [0.5, 0.6) is 11.5 Å². The lowest BCUT2D eigenvalue weighted by atomic mass is 9.47. The van der Waals surface area contributed by atoms with Gasteiger partial charge in [-0.25, -0.2) is 0 Å². The van der Waals surface area contributed by atoms with Crippen LogP contribution < -0.4 is 28.7 Å². The van der Waals surface area contributed by atoms with Gasteiger partial charge in [0.15, 0.2) is 11.5 Å². The molecule has 2 N–H and O–H groups in total. The number of benzene rings is 1. The average molecular weight is 619 g/mol. The number of hydrogen-bond donors (Lipinski definition) is 2. The standard InChI is InChI=1S/C29H34N2O5.HI/c1-30(24(33)8-5-19-10-14-35-17-19)21-9-11-29(34)23-15-20-6-7-22(32)26-25(20)28(29,27(21)36-26)12-13-31(23,2)16-18-3-4-18;/h5-8,10,14,17-18,21,23,27,34H,3-4,9,11-13,15-16H2,1-2H3;1H/b8-5+;/t21-,23-,27+,28+,29-,31?;/m1./s1. The number of amides is 1. The molecular formula is C29H35IN2O5. The van der Waals surface area contributed by atoms with Crippen molar-refractivity contribution in [2.45, 2.75) is 67.7 Å². The molecule has 1 saturated heterocycles. The van der Waals surface area contributed by atoms with Crippen molar-refractivity contribution in [3.05, 3.63) is 53.5 Å². The molecule has 7 rings (SSSR count). The molecule has 3 heterocycles. The summed E-state index contributed by atoms with van der Waals surface area (Å²) in [5, 5.41) is 23.6. The number of carbonyl (C=O) groups is 1. The minimum absolute atomic E-state index is 0. The molecule has 198 valence electrons. The van der Waals surface area contributed by atoms with Gasteiger partial charge < -0.3 is 52.7 Å². The van der Waals surface area contributed by atoms with Crippen molar-refractivity contribution >= 4 is 12.0 Å². The van der Waals surface area contributed by atoms with E-state index in [0.717, 1.165) is 47.5 Å². The van der Waals surface area contributed by atoms with Crippen LogP contribution in [0.2, 0.25) is 0 Å². The number of aromatic hydroxyl groups is 1. The van der Waals surface area contributed by atoms with Gasteiger partial charge in [0.05, 0.1) is 44.1 Å². The average Bonchev–Trinajstić information content (AvgIpc) is 3.36. The highest BCUT2D eigenvalue weighted by Crippen LogP contribution is 2.66. The molecule has 37 heavy (non-hydrogen) atoms. The molecule has 1 amide bonds. The van der Waals surface area contributed by atoms with Crippen LogP contribution in [-0.4, -0.2) is 76.5 Å². The molecule has 6 atom stereocenters. The lowest BCUT2D eigenvalue weighted by Crippen LogP contribution is -3.00. The zero-order valence-electron chi connectivity index (χ0n) is 21.4. The van der Waals surface area contributed by atoms with E-state index in [1.54, 1.807) is 35.6 Å². The Morgan fingerprint density at radius 3 is 2.78 bits per heavy atom. The summed E-state index contributed by atoms with van der Waals surface area (Å²) in [6, 6.07) is 5.47. The first-order valence-electron chi connectivity index (χ1n) is 13.3. The third kappa shape index (κ3) is 3.40. The van der Waals surface area contributed by atoms with Crippen molar-refractivity contribution in [3.8, 4) is 11.5 Å². The minimum atomic E-state index is -0.932. The maximum Gasteiger partial charge on any atom is 0.246 e. The normalized spacial score (nSPS) is 37.0. The molecule has 2 aliphatic heterocycles. The summed E-state index contributed by atoms with van der Waals surface area (Å²) in [5.74, 6) is 1.31. The van der Waals surface area contributed by atoms with Crippen LogP contribution in [-0.2, 0) is 16.6 Å². The van der Waals surface area contributed by atoms with Crippen LogP contribution in [0.25, 0.3) is 6.08 Å². The van der Waals surface area contributed by atoms with Gasteiger partial charge >= 0.3 is 0 Å². The summed E-state index contributed by atoms with van der Waals surface area (Å²) in [5.41, 5.74) is 1.48. The Balaban J connectivity index is 0.00000252. The van der Waals surface area contributed by atoms with E-state index < -0.39 is 17.1 Å². The number of likely N-dealkylation sites (tertiary alicyclic amines) is 1. The Labute approximate surface area is 234 Å².